The van der Waals surface area contributed by atoms with E-state index in [1.54, 1.807) is 11.8 Å². The highest BCUT2D eigenvalue weighted by Crippen LogP contribution is 2.49. The van der Waals surface area contributed by atoms with Gasteiger partial charge in [-0.15, -0.1) is 0 Å². The molecule has 1 saturated carbocycles. The quantitative estimate of drug-likeness (QED) is 0.738. The second kappa shape index (κ2) is 3.73. The van der Waals surface area contributed by atoms with Gasteiger partial charge in [0, 0.05) is 11.8 Å². The summed E-state index contributed by atoms with van der Waals surface area (Å²) in [5.74, 6) is 0.417. The molecule has 1 atom stereocenters. The zero-order chi connectivity index (χ0) is 12.0. The van der Waals surface area contributed by atoms with Gasteiger partial charge in [-0.1, -0.05) is 0 Å². The Balaban J connectivity index is 1.76. The standard InChI is InChI=1S/C11H14N2O3S/c14-8-11(3-4-11)9(15)13(10(16)12-8)6-7-2-1-5-17-7/h7H,1-6H2,(H,12,14,16). The molecule has 2 heterocycles. The molecule has 0 aromatic carbocycles. The largest absolute Gasteiger partial charge is 0.330 e. The molecule has 0 radical (unpaired) electrons. The molecule has 3 fully saturated rings. The van der Waals surface area contributed by atoms with Crippen molar-refractivity contribution in [3.8, 4) is 0 Å². The number of nitrogens with zero attached hydrogens (tertiary/aromatic N) is 1. The minimum atomic E-state index is -0.892. The highest BCUT2D eigenvalue weighted by atomic mass is 32.2. The smallest absolute Gasteiger partial charge is 0.277 e. The van der Waals surface area contributed by atoms with Crippen molar-refractivity contribution in [2.75, 3.05) is 12.3 Å². The third kappa shape index (κ3) is 1.66. The number of barbiturate groups is 1. The van der Waals surface area contributed by atoms with Gasteiger partial charge in [-0.25, -0.2) is 4.79 Å². The number of thioether (sulfide) groups is 1. The second-order valence-electron chi connectivity index (χ2n) is 4.89. The van der Waals surface area contributed by atoms with Crippen LogP contribution in [0, 0.1) is 5.41 Å². The first-order chi connectivity index (χ1) is 8.13. The van der Waals surface area contributed by atoms with Crippen LogP contribution in [0.3, 0.4) is 0 Å². The predicted molar refractivity (Wildman–Crippen MR) is 62.4 cm³/mol. The van der Waals surface area contributed by atoms with Crippen molar-refractivity contribution in [3.63, 3.8) is 0 Å². The number of carbonyl (C=O) groups excluding carboxylic acids is 3. The summed E-state index contributed by atoms with van der Waals surface area (Å²) in [6.07, 6.45) is 3.35. The van der Waals surface area contributed by atoms with E-state index in [-0.39, 0.29) is 5.91 Å². The van der Waals surface area contributed by atoms with Gasteiger partial charge in [0.15, 0.2) is 0 Å². The fourth-order valence-corrected chi connectivity index (χ4v) is 3.71. The average molecular weight is 254 g/mol. The van der Waals surface area contributed by atoms with Crippen LogP contribution in [-0.4, -0.2) is 40.3 Å². The number of carbonyl (C=O) groups is 3. The van der Waals surface area contributed by atoms with E-state index in [1.165, 1.54) is 4.90 Å². The molecule has 1 unspecified atom stereocenters. The maximum absolute atomic E-state index is 12.2. The first-order valence-electron chi connectivity index (χ1n) is 5.92. The van der Waals surface area contributed by atoms with Gasteiger partial charge in [0.1, 0.15) is 5.41 Å². The molecule has 2 saturated heterocycles. The molecule has 4 amide bonds. The first kappa shape index (κ1) is 11.1. The monoisotopic (exact) mass is 254 g/mol. The average Bonchev–Trinajstić information content (AvgIpc) is 2.95. The topological polar surface area (TPSA) is 66.5 Å². The zero-order valence-electron chi connectivity index (χ0n) is 9.40. The Morgan fingerprint density at radius 2 is 2.12 bits per heavy atom. The van der Waals surface area contributed by atoms with E-state index in [4.69, 9.17) is 0 Å². The minimum Gasteiger partial charge on any atom is -0.277 e. The van der Waals surface area contributed by atoms with Crippen LogP contribution in [-0.2, 0) is 9.59 Å². The number of hydrogen-bond acceptors (Lipinski definition) is 4. The molecule has 17 heavy (non-hydrogen) atoms. The zero-order valence-corrected chi connectivity index (χ0v) is 10.2. The molecule has 2 aliphatic heterocycles. The summed E-state index contributed by atoms with van der Waals surface area (Å²) in [5, 5.41) is 2.65. The molecule has 1 spiro atoms. The summed E-state index contributed by atoms with van der Waals surface area (Å²) in [4.78, 5) is 36.7. The lowest BCUT2D eigenvalue weighted by atomic mass is 10.0. The van der Waals surface area contributed by atoms with Crippen molar-refractivity contribution in [2.24, 2.45) is 5.41 Å². The van der Waals surface area contributed by atoms with Crippen LogP contribution in [0.25, 0.3) is 0 Å². The minimum absolute atomic E-state index is 0.279. The lowest BCUT2D eigenvalue weighted by Gasteiger charge is -2.31. The lowest BCUT2D eigenvalue weighted by Crippen LogP contribution is -2.60. The van der Waals surface area contributed by atoms with Gasteiger partial charge in [-0.3, -0.25) is 19.8 Å². The Morgan fingerprint density at radius 1 is 1.35 bits per heavy atom. The van der Waals surface area contributed by atoms with E-state index < -0.39 is 17.4 Å². The van der Waals surface area contributed by atoms with Crippen LogP contribution in [0.1, 0.15) is 25.7 Å². The predicted octanol–water partition coefficient (Wildman–Crippen LogP) is 0.741. The summed E-state index contributed by atoms with van der Waals surface area (Å²) in [6.45, 7) is 0.449. The van der Waals surface area contributed by atoms with Gasteiger partial charge < -0.3 is 0 Å². The Hall–Kier alpha value is -1.04. The molecule has 92 valence electrons. The molecule has 3 rings (SSSR count). The molecule has 6 heteroatoms. The van der Waals surface area contributed by atoms with E-state index in [1.807, 2.05) is 0 Å². The number of nitrogens with one attached hydrogen (secondary N) is 1. The highest BCUT2D eigenvalue weighted by molar-refractivity contribution is 8.00. The molecule has 5 nitrogen and oxygen atoms in total. The summed E-state index contributed by atoms with van der Waals surface area (Å²) in [6, 6.07) is -0.537. The molecule has 1 aliphatic carbocycles. The number of urea groups is 1. The lowest BCUT2D eigenvalue weighted by molar-refractivity contribution is -0.144. The van der Waals surface area contributed by atoms with Crippen molar-refractivity contribution in [3.05, 3.63) is 0 Å². The van der Waals surface area contributed by atoms with E-state index in [9.17, 15) is 14.4 Å². The van der Waals surface area contributed by atoms with Crippen molar-refractivity contribution < 1.29 is 14.4 Å². The van der Waals surface area contributed by atoms with E-state index in [0.717, 1.165) is 18.6 Å². The second-order valence-corrected chi connectivity index (χ2v) is 6.30. The van der Waals surface area contributed by atoms with Crippen LogP contribution >= 0.6 is 11.8 Å². The van der Waals surface area contributed by atoms with Crippen LogP contribution in [0.5, 0.6) is 0 Å². The van der Waals surface area contributed by atoms with Gasteiger partial charge in [0.25, 0.3) is 0 Å². The molecule has 0 bridgehead atoms. The summed E-state index contributed by atoms with van der Waals surface area (Å²) in [5.41, 5.74) is -0.892. The number of hydrogen-bond donors (Lipinski definition) is 1. The molecule has 3 aliphatic rings. The fraction of sp³-hybridized carbons (Fsp3) is 0.727. The van der Waals surface area contributed by atoms with Crippen molar-refractivity contribution >= 4 is 29.6 Å². The van der Waals surface area contributed by atoms with Crippen molar-refractivity contribution in [1.29, 1.82) is 0 Å². The number of amides is 4. The van der Waals surface area contributed by atoms with Crippen LogP contribution in [0.15, 0.2) is 0 Å². The fourth-order valence-electron chi connectivity index (χ4n) is 2.46. The Labute approximate surface area is 103 Å². The Morgan fingerprint density at radius 3 is 2.71 bits per heavy atom. The third-order valence-electron chi connectivity index (χ3n) is 3.71. The first-order valence-corrected chi connectivity index (χ1v) is 6.97. The van der Waals surface area contributed by atoms with Crippen molar-refractivity contribution in [1.82, 2.24) is 10.2 Å². The third-order valence-corrected chi connectivity index (χ3v) is 5.10. The molecule has 0 aromatic heterocycles. The molecular weight excluding hydrogens is 240 g/mol. The van der Waals surface area contributed by atoms with Crippen molar-refractivity contribution in [2.45, 2.75) is 30.9 Å². The van der Waals surface area contributed by atoms with Gasteiger partial charge in [0.05, 0.1) is 0 Å². The van der Waals surface area contributed by atoms with Gasteiger partial charge in [-0.05, 0) is 31.4 Å². The van der Waals surface area contributed by atoms with E-state index in [0.29, 0.717) is 24.6 Å². The highest BCUT2D eigenvalue weighted by Gasteiger charge is 2.62. The Bertz CT molecular complexity index is 400. The molecule has 1 N–H and O–H groups in total. The van der Waals surface area contributed by atoms with Gasteiger partial charge >= 0.3 is 6.03 Å². The Kier molecular flexibility index (Phi) is 2.43. The number of imide groups is 2. The molecular formula is C11H14N2O3S. The SMILES string of the molecule is O=C1NC(=O)C2(CC2)C(=O)N1CC1CCCS1. The van der Waals surface area contributed by atoms with Gasteiger partial charge in [0.2, 0.25) is 11.8 Å². The summed E-state index contributed by atoms with van der Waals surface area (Å²) in [7, 11) is 0. The van der Waals surface area contributed by atoms with Crippen LogP contribution in [0.4, 0.5) is 4.79 Å². The number of rotatable bonds is 2. The normalized spacial score (nSPS) is 30.9. The van der Waals surface area contributed by atoms with Crippen LogP contribution < -0.4 is 5.32 Å². The van der Waals surface area contributed by atoms with Gasteiger partial charge in [-0.2, -0.15) is 11.8 Å². The summed E-state index contributed by atoms with van der Waals surface area (Å²) >= 11 is 1.80. The van der Waals surface area contributed by atoms with Crippen LogP contribution in [0.2, 0.25) is 0 Å². The summed E-state index contributed by atoms with van der Waals surface area (Å²) < 4.78 is 0. The van der Waals surface area contributed by atoms with E-state index in [2.05, 4.69) is 5.32 Å². The maximum atomic E-state index is 12.2. The molecule has 0 aromatic rings. The van der Waals surface area contributed by atoms with E-state index >= 15 is 0 Å². The maximum Gasteiger partial charge on any atom is 0.330 e.